The van der Waals surface area contributed by atoms with Crippen molar-refractivity contribution in [2.75, 3.05) is 23.8 Å². The summed E-state index contributed by atoms with van der Waals surface area (Å²) in [7, 11) is -4.26. The van der Waals surface area contributed by atoms with Crippen LogP contribution in [0, 0.1) is 5.92 Å². The number of ether oxygens (including phenoxy) is 2. The SMILES string of the molecule is O=C(Nc1c2c(cc3c1CCC3)CCC2)NS(=O)(=O)c1cnn2c1OC[C@H](COC(=O)Nc1c3c(cc4c1CCC4)CCC3)C2. The normalized spacial score (nSPS) is 19.2. The van der Waals surface area contributed by atoms with Gasteiger partial charge in [0.05, 0.1) is 25.0 Å². The maximum absolute atomic E-state index is 13.3. The number of fused-ring (bicyclic) bond motifs is 5. The average Bonchev–Trinajstić information content (AvgIpc) is 3.85. The van der Waals surface area contributed by atoms with Gasteiger partial charge in [0, 0.05) is 11.6 Å². The Hall–Kier alpha value is -4.06. The lowest BCUT2D eigenvalue weighted by Crippen LogP contribution is -2.36. The summed E-state index contributed by atoms with van der Waals surface area (Å²) in [6.07, 6.45) is 12.7. The lowest BCUT2D eigenvalue weighted by atomic mass is 9.99. The molecule has 1 aliphatic heterocycles. The van der Waals surface area contributed by atoms with Crippen molar-refractivity contribution < 1.29 is 27.5 Å². The number of anilines is 2. The monoisotopic (exact) mass is 631 g/mol. The lowest BCUT2D eigenvalue weighted by Gasteiger charge is -2.24. The van der Waals surface area contributed by atoms with Gasteiger partial charge in [0.1, 0.15) is 6.61 Å². The van der Waals surface area contributed by atoms with Gasteiger partial charge in [-0.2, -0.15) is 5.10 Å². The maximum Gasteiger partial charge on any atom is 0.411 e. The first-order chi connectivity index (χ1) is 21.8. The van der Waals surface area contributed by atoms with E-state index >= 15 is 0 Å². The molecular formula is C33H37N5O6S. The topological polar surface area (TPSA) is 141 Å². The summed E-state index contributed by atoms with van der Waals surface area (Å²) in [5.74, 6) is -0.155. The predicted molar refractivity (Wildman–Crippen MR) is 167 cm³/mol. The highest BCUT2D eigenvalue weighted by atomic mass is 32.2. The fraction of sp³-hybridized carbons (Fsp3) is 0.485. The van der Waals surface area contributed by atoms with Gasteiger partial charge in [-0.1, -0.05) is 12.1 Å². The first-order valence-corrected chi connectivity index (χ1v) is 17.6. The average molecular weight is 632 g/mol. The zero-order valence-corrected chi connectivity index (χ0v) is 26.0. The number of nitrogens with one attached hydrogen (secondary N) is 3. The molecule has 1 atom stereocenters. The number of rotatable bonds is 6. The highest BCUT2D eigenvalue weighted by Gasteiger charge is 2.33. The number of nitrogens with zero attached hydrogens (tertiary/aromatic N) is 2. The van der Waals surface area contributed by atoms with Gasteiger partial charge in [-0.15, -0.1) is 0 Å². The van der Waals surface area contributed by atoms with Crippen molar-refractivity contribution in [2.24, 2.45) is 5.92 Å². The molecule has 8 rings (SSSR count). The van der Waals surface area contributed by atoms with Crippen molar-refractivity contribution in [3.63, 3.8) is 0 Å². The summed E-state index contributed by atoms with van der Waals surface area (Å²) in [6, 6.07) is 3.77. The van der Waals surface area contributed by atoms with Crippen LogP contribution in [0.5, 0.6) is 5.88 Å². The number of amides is 3. The van der Waals surface area contributed by atoms with E-state index in [1.807, 2.05) is 0 Å². The highest BCUT2D eigenvalue weighted by Crippen LogP contribution is 2.40. The van der Waals surface area contributed by atoms with Gasteiger partial charge < -0.3 is 14.8 Å². The molecule has 45 heavy (non-hydrogen) atoms. The standard InChI is InChI=1S/C33H37N5O6S/c39-32(35-29-24-9-1-5-20(24)13-21-6-2-10-25(21)29)37-45(41,42)28-15-34-38-16-19(17-43-31(28)38)18-44-33(40)36-30-26-11-3-7-22(26)14-23-8-4-12-27(23)30/h13-15,19H,1-12,16-18H2,(H,36,40)(H2,35,37,39)/t19-/m1/s1. The molecule has 1 aromatic heterocycles. The Kier molecular flexibility index (Phi) is 7.00. The van der Waals surface area contributed by atoms with Crippen molar-refractivity contribution >= 4 is 33.5 Å². The number of hydrogen-bond acceptors (Lipinski definition) is 7. The molecule has 0 saturated carbocycles. The molecule has 2 aromatic carbocycles. The van der Waals surface area contributed by atoms with Crippen LogP contribution in [0.2, 0.25) is 0 Å². The number of urea groups is 1. The van der Waals surface area contributed by atoms with Crippen LogP contribution in [0.4, 0.5) is 21.0 Å². The van der Waals surface area contributed by atoms with Crippen LogP contribution < -0.4 is 20.1 Å². The summed E-state index contributed by atoms with van der Waals surface area (Å²) in [5.41, 5.74) is 11.6. The Balaban J connectivity index is 0.903. The van der Waals surface area contributed by atoms with Gasteiger partial charge >= 0.3 is 12.1 Å². The van der Waals surface area contributed by atoms with Crippen molar-refractivity contribution in [1.29, 1.82) is 0 Å². The van der Waals surface area contributed by atoms with E-state index in [1.165, 1.54) is 44.3 Å². The second-order valence-electron chi connectivity index (χ2n) is 12.9. The van der Waals surface area contributed by atoms with Crippen LogP contribution in [-0.2, 0) is 72.7 Å². The summed E-state index contributed by atoms with van der Waals surface area (Å²) >= 11 is 0. The second kappa shape index (κ2) is 11.1. The van der Waals surface area contributed by atoms with Crippen molar-refractivity contribution in [3.8, 4) is 5.88 Å². The molecule has 3 aromatic rings. The maximum atomic E-state index is 13.3. The molecule has 2 heterocycles. The Labute approximate surface area is 262 Å². The number of hydrogen-bond donors (Lipinski definition) is 3. The summed E-state index contributed by atoms with van der Waals surface area (Å²) in [4.78, 5) is 25.7. The molecule has 0 spiro atoms. The largest absolute Gasteiger partial charge is 0.476 e. The summed E-state index contributed by atoms with van der Waals surface area (Å²) in [6.45, 7) is 0.547. The molecule has 12 heteroatoms. The molecule has 0 fully saturated rings. The summed E-state index contributed by atoms with van der Waals surface area (Å²) < 4.78 is 41.6. The first-order valence-electron chi connectivity index (χ1n) is 16.1. The predicted octanol–water partition coefficient (Wildman–Crippen LogP) is 4.61. The van der Waals surface area contributed by atoms with Crippen LogP contribution in [0.25, 0.3) is 0 Å². The van der Waals surface area contributed by atoms with Crippen molar-refractivity contribution in [3.05, 3.63) is 62.8 Å². The second-order valence-corrected chi connectivity index (χ2v) is 14.6. The molecule has 11 nitrogen and oxygen atoms in total. The number of aryl methyl sites for hydroxylation is 4. The van der Waals surface area contributed by atoms with Gasteiger partial charge in [0.15, 0.2) is 4.90 Å². The zero-order chi connectivity index (χ0) is 30.7. The molecule has 4 aliphatic carbocycles. The Morgan fingerprint density at radius 2 is 1.36 bits per heavy atom. The van der Waals surface area contributed by atoms with Gasteiger partial charge in [0.25, 0.3) is 10.0 Å². The smallest absolute Gasteiger partial charge is 0.411 e. The Bertz CT molecular complexity index is 1780. The third-order valence-electron chi connectivity index (χ3n) is 10.0. The van der Waals surface area contributed by atoms with E-state index < -0.39 is 22.1 Å². The van der Waals surface area contributed by atoms with Crippen molar-refractivity contribution in [2.45, 2.75) is 88.5 Å². The van der Waals surface area contributed by atoms with Crippen LogP contribution in [0.1, 0.15) is 70.2 Å². The molecule has 5 aliphatic rings. The summed E-state index contributed by atoms with van der Waals surface area (Å²) in [5, 5.41) is 10.1. The Morgan fingerprint density at radius 3 is 1.91 bits per heavy atom. The minimum atomic E-state index is -4.26. The van der Waals surface area contributed by atoms with Gasteiger partial charge in [-0.3, -0.25) is 5.32 Å². The number of aromatic nitrogens is 2. The van der Waals surface area contributed by atoms with E-state index in [9.17, 15) is 18.0 Å². The molecule has 0 unspecified atom stereocenters. The molecule has 0 radical (unpaired) electrons. The molecule has 236 valence electrons. The van der Waals surface area contributed by atoms with Gasteiger partial charge in [0.2, 0.25) is 5.88 Å². The quantitative estimate of drug-likeness (QED) is 0.361. The zero-order valence-electron chi connectivity index (χ0n) is 25.2. The fourth-order valence-electron chi connectivity index (χ4n) is 7.99. The third kappa shape index (κ3) is 5.12. The third-order valence-corrected chi connectivity index (χ3v) is 11.3. The molecular weight excluding hydrogens is 594 g/mol. The lowest BCUT2D eigenvalue weighted by molar-refractivity contribution is 0.0863. The van der Waals surface area contributed by atoms with E-state index in [4.69, 9.17) is 9.47 Å². The van der Waals surface area contributed by atoms with Crippen LogP contribution in [0.15, 0.2) is 23.2 Å². The van der Waals surface area contributed by atoms with E-state index in [-0.39, 0.29) is 29.9 Å². The first kappa shape index (κ1) is 28.4. The van der Waals surface area contributed by atoms with Crippen LogP contribution in [0.3, 0.4) is 0 Å². The van der Waals surface area contributed by atoms with Crippen LogP contribution in [-0.4, -0.2) is 43.5 Å². The number of sulfonamides is 1. The van der Waals surface area contributed by atoms with Gasteiger partial charge in [-0.05, 0) is 122 Å². The number of carbonyl (C=O) groups excluding carboxylic acids is 2. The Morgan fingerprint density at radius 1 is 0.822 bits per heavy atom. The van der Waals surface area contributed by atoms with Gasteiger partial charge in [-0.25, -0.2) is 27.4 Å². The van der Waals surface area contributed by atoms with Crippen LogP contribution >= 0.6 is 0 Å². The fourth-order valence-corrected chi connectivity index (χ4v) is 8.98. The molecule has 0 saturated heterocycles. The van der Waals surface area contributed by atoms with Crippen molar-refractivity contribution in [1.82, 2.24) is 14.5 Å². The molecule has 3 N–H and O–H groups in total. The van der Waals surface area contributed by atoms with E-state index in [1.54, 1.807) is 0 Å². The molecule has 0 bridgehead atoms. The minimum Gasteiger partial charge on any atom is -0.476 e. The number of benzene rings is 2. The highest BCUT2D eigenvalue weighted by molar-refractivity contribution is 7.90. The molecule has 3 amide bonds. The van der Waals surface area contributed by atoms with E-state index in [0.717, 1.165) is 99.6 Å². The van der Waals surface area contributed by atoms with E-state index in [2.05, 4.69) is 32.6 Å². The van der Waals surface area contributed by atoms with E-state index in [0.29, 0.717) is 6.54 Å². The minimum absolute atomic E-state index is 0.0629. The number of carbonyl (C=O) groups is 2.